The molecule has 11 heavy (non-hydrogen) atoms. The van der Waals surface area contributed by atoms with E-state index in [-0.39, 0.29) is 0 Å². The third kappa shape index (κ3) is 4.70. The van der Waals surface area contributed by atoms with Gasteiger partial charge in [-0.2, -0.15) is 12.6 Å². The maximum atomic E-state index is 4.32. The van der Waals surface area contributed by atoms with Gasteiger partial charge in [-0.05, 0) is 32.1 Å². The van der Waals surface area contributed by atoms with E-state index in [0.717, 1.165) is 12.3 Å². The van der Waals surface area contributed by atoms with Gasteiger partial charge in [-0.3, -0.25) is 0 Å². The molecule has 0 aliphatic rings. The van der Waals surface area contributed by atoms with Crippen molar-refractivity contribution in [2.24, 2.45) is 5.41 Å². The highest BCUT2D eigenvalue weighted by atomic mass is 32.1. The third-order valence-corrected chi connectivity index (χ3v) is 2.84. The molecule has 1 nitrogen and oxygen atoms in total. The summed E-state index contributed by atoms with van der Waals surface area (Å²) in [5, 5.41) is 0. The van der Waals surface area contributed by atoms with Crippen molar-refractivity contribution in [1.29, 1.82) is 0 Å². The van der Waals surface area contributed by atoms with Crippen molar-refractivity contribution >= 4 is 12.6 Å². The molecule has 0 saturated heterocycles. The molecule has 0 aromatic carbocycles. The minimum Gasteiger partial charge on any atom is -0.303 e. The molecule has 0 radical (unpaired) electrons. The van der Waals surface area contributed by atoms with E-state index >= 15 is 0 Å². The van der Waals surface area contributed by atoms with Crippen LogP contribution >= 0.6 is 12.6 Å². The fraction of sp³-hybridized carbons (Fsp3) is 1.00. The first-order valence-electron chi connectivity index (χ1n) is 4.20. The first-order chi connectivity index (χ1) is 4.89. The zero-order valence-corrected chi connectivity index (χ0v) is 9.28. The first-order valence-corrected chi connectivity index (χ1v) is 4.83. The lowest BCUT2D eigenvalue weighted by Crippen LogP contribution is -2.36. The quantitative estimate of drug-likeness (QED) is 0.642. The predicted molar refractivity (Wildman–Crippen MR) is 55.4 cm³/mol. The zero-order valence-electron chi connectivity index (χ0n) is 8.39. The van der Waals surface area contributed by atoms with Crippen molar-refractivity contribution in [3.05, 3.63) is 0 Å². The second-order valence-electron chi connectivity index (χ2n) is 4.33. The molecule has 0 N–H and O–H groups in total. The summed E-state index contributed by atoms with van der Waals surface area (Å²) < 4.78 is 0. The van der Waals surface area contributed by atoms with Crippen LogP contribution in [0.4, 0.5) is 0 Å². The molecule has 0 spiro atoms. The first kappa shape index (κ1) is 11.3. The summed E-state index contributed by atoms with van der Waals surface area (Å²) in [6, 6.07) is 0.633. The van der Waals surface area contributed by atoms with Crippen molar-refractivity contribution in [2.45, 2.75) is 33.7 Å². The molecule has 68 valence electrons. The summed E-state index contributed by atoms with van der Waals surface area (Å²) in [5.74, 6) is 0.948. The Hall–Kier alpha value is 0.310. The van der Waals surface area contributed by atoms with Gasteiger partial charge in [0, 0.05) is 12.6 Å². The summed E-state index contributed by atoms with van der Waals surface area (Å²) in [5.41, 5.74) is 0.335. The summed E-state index contributed by atoms with van der Waals surface area (Å²) in [7, 11) is 2.16. The van der Waals surface area contributed by atoms with Crippen LogP contribution in [-0.4, -0.2) is 30.3 Å². The lowest BCUT2D eigenvalue weighted by Gasteiger charge is -2.31. The van der Waals surface area contributed by atoms with Gasteiger partial charge in [0.1, 0.15) is 0 Å². The summed E-state index contributed by atoms with van der Waals surface area (Å²) in [4.78, 5) is 2.36. The molecule has 0 aliphatic heterocycles. The molecular formula is C9H21NS. The van der Waals surface area contributed by atoms with E-state index in [2.05, 4.69) is 52.3 Å². The Morgan fingerprint density at radius 3 is 2.09 bits per heavy atom. The Balaban J connectivity index is 3.83. The second-order valence-corrected chi connectivity index (χ2v) is 4.65. The molecule has 0 fully saturated rings. The number of nitrogens with zero attached hydrogens (tertiary/aromatic N) is 1. The van der Waals surface area contributed by atoms with Crippen LogP contribution in [0.25, 0.3) is 0 Å². The van der Waals surface area contributed by atoms with Crippen LogP contribution < -0.4 is 0 Å². The van der Waals surface area contributed by atoms with Crippen LogP contribution in [0.2, 0.25) is 0 Å². The normalized spacial score (nSPS) is 13.1. The van der Waals surface area contributed by atoms with Gasteiger partial charge in [0.25, 0.3) is 0 Å². The molecule has 0 atom stereocenters. The minimum atomic E-state index is 0.335. The Morgan fingerprint density at radius 1 is 1.36 bits per heavy atom. The third-order valence-electron chi connectivity index (χ3n) is 1.99. The highest BCUT2D eigenvalue weighted by Gasteiger charge is 2.18. The number of hydrogen-bond acceptors (Lipinski definition) is 2. The number of hydrogen-bond donors (Lipinski definition) is 1. The van der Waals surface area contributed by atoms with Crippen LogP contribution in [-0.2, 0) is 0 Å². The smallest absolute Gasteiger partial charge is 0.00401 e. The van der Waals surface area contributed by atoms with Gasteiger partial charge in [0.05, 0.1) is 0 Å². The fourth-order valence-corrected chi connectivity index (χ4v) is 1.01. The van der Waals surface area contributed by atoms with E-state index in [1.54, 1.807) is 0 Å². The lowest BCUT2D eigenvalue weighted by atomic mass is 9.95. The van der Waals surface area contributed by atoms with Gasteiger partial charge >= 0.3 is 0 Å². The maximum Gasteiger partial charge on any atom is 0.00401 e. The minimum absolute atomic E-state index is 0.335. The number of rotatable bonds is 4. The molecular weight excluding hydrogens is 154 g/mol. The molecule has 0 amide bonds. The fourth-order valence-electron chi connectivity index (χ4n) is 0.908. The van der Waals surface area contributed by atoms with Crippen LogP contribution in [0, 0.1) is 5.41 Å². The van der Waals surface area contributed by atoms with E-state index in [4.69, 9.17) is 0 Å². The van der Waals surface area contributed by atoms with Gasteiger partial charge in [0.15, 0.2) is 0 Å². The maximum absolute atomic E-state index is 4.32. The van der Waals surface area contributed by atoms with Gasteiger partial charge < -0.3 is 4.90 Å². The molecule has 0 heterocycles. The largest absolute Gasteiger partial charge is 0.303 e. The van der Waals surface area contributed by atoms with Gasteiger partial charge in [-0.15, -0.1) is 0 Å². The molecule has 0 aromatic rings. The van der Waals surface area contributed by atoms with Crippen LogP contribution in [0.5, 0.6) is 0 Å². The zero-order chi connectivity index (χ0) is 9.07. The van der Waals surface area contributed by atoms with E-state index in [1.807, 2.05) is 0 Å². The molecule has 0 aliphatic carbocycles. The predicted octanol–water partition coefficient (Wildman–Crippen LogP) is 2.28. The van der Waals surface area contributed by atoms with Crippen LogP contribution in [0.3, 0.4) is 0 Å². The Bertz CT molecular complexity index is 110. The molecule has 0 saturated carbocycles. The monoisotopic (exact) mass is 175 g/mol. The molecule has 0 unspecified atom stereocenters. The van der Waals surface area contributed by atoms with Crippen molar-refractivity contribution in [3.8, 4) is 0 Å². The van der Waals surface area contributed by atoms with E-state index in [1.165, 1.54) is 0 Å². The van der Waals surface area contributed by atoms with Gasteiger partial charge in [0.2, 0.25) is 0 Å². The van der Waals surface area contributed by atoms with E-state index in [9.17, 15) is 0 Å². The molecule has 0 aromatic heterocycles. The lowest BCUT2D eigenvalue weighted by molar-refractivity contribution is 0.194. The highest BCUT2D eigenvalue weighted by molar-refractivity contribution is 7.80. The standard InChI is InChI=1S/C9H21NS/c1-8(2)10(5)6-9(3,4)7-11/h8,11H,6-7H2,1-5H3. The highest BCUT2D eigenvalue weighted by Crippen LogP contribution is 2.18. The van der Waals surface area contributed by atoms with Crippen molar-refractivity contribution < 1.29 is 0 Å². The second kappa shape index (κ2) is 4.36. The SMILES string of the molecule is CC(C)N(C)CC(C)(C)CS. The van der Waals surface area contributed by atoms with Crippen molar-refractivity contribution in [1.82, 2.24) is 4.90 Å². The summed E-state index contributed by atoms with van der Waals surface area (Å²) >= 11 is 4.32. The summed E-state index contributed by atoms with van der Waals surface area (Å²) in [6.07, 6.45) is 0. The summed E-state index contributed by atoms with van der Waals surface area (Å²) in [6.45, 7) is 10.1. The van der Waals surface area contributed by atoms with E-state index < -0.39 is 0 Å². The molecule has 0 bridgehead atoms. The van der Waals surface area contributed by atoms with Crippen molar-refractivity contribution in [2.75, 3.05) is 19.3 Å². The Morgan fingerprint density at radius 2 is 1.82 bits per heavy atom. The van der Waals surface area contributed by atoms with Crippen LogP contribution in [0.15, 0.2) is 0 Å². The topological polar surface area (TPSA) is 3.24 Å². The molecule has 2 heteroatoms. The van der Waals surface area contributed by atoms with Gasteiger partial charge in [-0.1, -0.05) is 13.8 Å². The van der Waals surface area contributed by atoms with Gasteiger partial charge in [-0.25, -0.2) is 0 Å². The Labute approximate surface area is 76.6 Å². The number of thiol groups is 1. The Kier molecular flexibility index (Phi) is 4.49. The average molecular weight is 175 g/mol. The average Bonchev–Trinajstić information content (AvgIpc) is 1.87. The molecule has 0 rings (SSSR count). The van der Waals surface area contributed by atoms with E-state index in [0.29, 0.717) is 11.5 Å². The van der Waals surface area contributed by atoms with Crippen LogP contribution in [0.1, 0.15) is 27.7 Å². The van der Waals surface area contributed by atoms with Crippen molar-refractivity contribution in [3.63, 3.8) is 0 Å².